The molecule has 0 radical (unpaired) electrons. The van der Waals surface area contributed by atoms with Gasteiger partial charge in [0.05, 0.1) is 12.1 Å². The van der Waals surface area contributed by atoms with Crippen LogP contribution in [0.4, 0.5) is 14.9 Å². The van der Waals surface area contributed by atoms with Crippen molar-refractivity contribution < 1.29 is 24.5 Å². The van der Waals surface area contributed by atoms with Crippen molar-refractivity contribution in [2.45, 2.75) is 30.2 Å². The molecule has 43 heavy (non-hydrogen) atoms. The van der Waals surface area contributed by atoms with Crippen molar-refractivity contribution in [1.29, 1.82) is 0 Å². The number of aliphatic hydroxyl groups excluding tert-OH is 1. The van der Waals surface area contributed by atoms with Gasteiger partial charge in [-0.15, -0.1) is 0 Å². The molecule has 5 aromatic rings. The summed E-state index contributed by atoms with van der Waals surface area (Å²) in [4.78, 5) is 15.3. The molecule has 3 atom stereocenters. The van der Waals surface area contributed by atoms with Crippen LogP contribution in [0.5, 0.6) is 11.5 Å². The molecule has 6 rings (SSSR count). The van der Waals surface area contributed by atoms with E-state index in [4.69, 9.17) is 0 Å². The average Bonchev–Trinajstić information content (AvgIpc) is 3.36. The fraction of sp³-hybridized carbons (Fsp3) is 0.139. The lowest BCUT2D eigenvalue weighted by atomic mass is 9.93. The number of aliphatic hydroxyl groups is 1. The molecule has 1 aliphatic rings. The number of nitrogens with zero attached hydrogens (tertiary/aromatic N) is 1. The van der Waals surface area contributed by atoms with E-state index in [1.54, 1.807) is 41.3 Å². The maximum absolute atomic E-state index is 13.6. The van der Waals surface area contributed by atoms with Gasteiger partial charge < -0.3 is 15.3 Å². The first-order valence-electron chi connectivity index (χ1n) is 14.1. The molecule has 1 aliphatic heterocycles. The lowest BCUT2D eigenvalue weighted by Gasteiger charge is -2.29. The van der Waals surface area contributed by atoms with Crippen LogP contribution < -0.4 is 4.90 Å². The second-order valence-corrected chi connectivity index (χ2v) is 11.8. The van der Waals surface area contributed by atoms with E-state index in [-0.39, 0.29) is 27.8 Å². The van der Waals surface area contributed by atoms with Crippen molar-refractivity contribution >= 4 is 22.7 Å². The molecule has 5 aromatic carbocycles. The third kappa shape index (κ3) is 6.14. The Morgan fingerprint density at radius 3 is 2.09 bits per heavy atom. The number of hydrogen-bond donors (Lipinski definition) is 3. The highest BCUT2D eigenvalue weighted by atomic mass is 32.2. The maximum Gasteiger partial charge on any atom is 0.287 e. The Morgan fingerprint density at radius 2 is 1.40 bits per heavy atom. The molecule has 1 amide bonds. The van der Waals surface area contributed by atoms with Gasteiger partial charge in [0, 0.05) is 16.5 Å². The van der Waals surface area contributed by atoms with Crippen LogP contribution >= 0.6 is 11.8 Å². The monoisotopic (exact) mass is 591 g/mol. The first-order valence-corrected chi connectivity index (χ1v) is 15.0. The zero-order chi connectivity index (χ0) is 29.9. The summed E-state index contributed by atoms with van der Waals surface area (Å²) in [5.74, 6) is -0.202. The molecule has 0 aromatic heterocycles. The van der Waals surface area contributed by atoms with E-state index in [0.717, 1.165) is 22.3 Å². The molecule has 0 aliphatic carbocycles. The second-order valence-electron chi connectivity index (χ2n) is 10.6. The van der Waals surface area contributed by atoms with Crippen LogP contribution in [0.1, 0.15) is 36.1 Å². The molecule has 0 bridgehead atoms. The van der Waals surface area contributed by atoms with Gasteiger partial charge in [0.2, 0.25) is 0 Å². The number of aromatic hydroxyl groups is 2. The Kier molecular flexibility index (Phi) is 8.18. The Labute approximate surface area is 253 Å². The summed E-state index contributed by atoms with van der Waals surface area (Å²) in [6.45, 7) is 0. The van der Waals surface area contributed by atoms with E-state index in [1.165, 1.54) is 23.9 Å². The van der Waals surface area contributed by atoms with Crippen LogP contribution in [0.15, 0.2) is 121 Å². The molecule has 0 saturated carbocycles. The number of carbonyl (C=O) groups excluding carboxylic acids is 1. The molecule has 1 heterocycles. The van der Waals surface area contributed by atoms with Crippen molar-refractivity contribution in [3.63, 3.8) is 0 Å². The minimum Gasteiger partial charge on any atom is -0.508 e. The number of hydrogen-bond acceptors (Lipinski definition) is 5. The highest BCUT2D eigenvalue weighted by Gasteiger charge is 2.43. The van der Waals surface area contributed by atoms with E-state index in [2.05, 4.69) is 0 Å². The first-order chi connectivity index (χ1) is 20.9. The number of anilines is 1. The van der Waals surface area contributed by atoms with Crippen LogP contribution in [0.3, 0.4) is 0 Å². The predicted molar refractivity (Wildman–Crippen MR) is 170 cm³/mol. The summed E-state index contributed by atoms with van der Waals surface area (Å²) in [5, 5.41) is 31.7. The van der Waals surface area contributed by atoms with Gasteiger partial charge in [-0.3, -0.25) is 9.69 Å². The number of carbonyl (C=O) groups is 1. The van der Waals surface area contributed by atoms with Crippen LogP contribution in [-0.4, -0.2) is 25.8 Å². The van der Waals surface area contributed by atoms with Gasteiger partial charge in [-0.2, -0.15) is 0 Å². The van der Waals surface area contributed by atoms with Crippen LogP contribution in [0.2, 0.25) is 0 Å². The molecule has 1 saturated heterocycles. The minimum atomic E-state index is -0.821. The van der Waals surface area contributed by atoms with Gasteiger partial charge in [-0.1, -0.05) is 90.6 Å². The first kappa shape index (κ1) is 28.5. The van der Waals surface area contributed by atoms with E-state index in [9.17, 15) is 24.5 Å². The third-order valence-electron chi connectivity index (χ3n) is 7.84. The number of amides is 1. The molecule has 0 unspecified atom stereocenters. The molecular formula is C36H30FNO4S. The molecule has 3 N–H and O–H groups in total. The van der Waals surface area contributed by atoms with E-state index < -0.39 is 12.1 Å². The van der Waals surface area contributed by atoms with Crippen LogP contribution in [-0.2, 0) is 0 Å². The number of rotatable bonds is 8. The molecule has 0 spiro atoms. The predicted octanol–water partition coefficient (Wildman–Crippen LogP) is 8.87. The fourth-order valence-electron chi connectivity index (χ4n) is 5.63. The van der Waals surface area contributed by atoms with Crippen molar-refractivity contribution in [2.24, 2.45) is 0 Å². The summed E-state index contributed by atoms with van der Waals surface area (Å²) >= 11 is 1.19. The zero-order valence-corrected chi connectivity index (χ0v) is 24.0. The lowest BCUT2D eigenvalue weighted by Crippen LogP contribution is -2.29. The zero-order valence-electron chi connectivity index (χ0n) is 23.2. The number of thioether (sulfide) groups is 1. The second kappa shape index (κ2) is 12.3. The summed E-state index contributed by atoms with van der Waals surface area (Å²) < 4.78 is 13.4. The third-order valence-corrected chi connectivity index (χ3v) is 9.03. The molecule has 1 fully saturated rings. The van der Waals surface area contributed by atoms with Crippen LogP contribution in [0, 0.1) is 5.82 Å². The molecule has 5 nitrogen and oxygen atoms in total. The summed E-state index contributed by atoms with van der Waals surface area (Å²) in [7, 11) is 0. The molecule has 216 valence electrons. The standard InChI is InChI=1S/C36H30FNO4S/c37-28-14-9-25(10-15-28)32(40)19-20-34-35(31-18-13-27(22-33(31)41)26-7-4-8-30(39)21-26)38(36(42)43-34)29-16-11-24(12-17-29)23-5-2-1-3-6-23/h1-18,21-22,32,34-35,39-41H,19-20H2/t32-,34+,35+/m0/s1. The molecular weight excluding hydrogens is 561 g/mol. The summed E-state index contributed by atoms with van der Waals surface area (Å²) in [5.41, 5.74) is 5.50. The van der Waals surface area contributed by atoms with E-state index in [0.29, 0.717) is 29.7 Å². The van der Waals surface area contributed by atoms with Gasteiger partial charge in [-0.05, 0) is 83.1 Å². The quantitative estimate of drug-likeness (QED) is 0.168. The SMILES string of the molecule is O=C1S[C@H](CC[C@H](O)c2ccc(F)cc2)[C@@H](c2ccc(-c3cccc(O)c3)cc2O)N1c1ccc(-c2ccccc2)cc1. The Bertz CT molecular complexity index is 1730. The Hall–Kier alpha value is -4.59. The lowest BCUT2D eigenvalue weighted by molar-refractivity contribution is 0.163. The number of benzene rings is 5. The van der Waals surface area contributed by atoms with Crippen molar-refractivity contribution in [3.8, 4) is 33.8 Å². The van der Waals surface area contributed by atoms with Gasteiger partial charge >= 0.3 is 0 Å². The summed E-state index contributed by atoms with van der Waals surface area (Å²) in [6, 6.07) is 35.2. The summed E-state index contributed by atoms with van der Waals surface area (Å²) in [6.07, 6.45) is 0.0139. The minimum absolute atomic E-state index is 0.0381. The average molecular weight is 592 g/mol. The van der Waals surface area contributed by atoms with Gasteiger partial charge in [0.1, 0.15) is 17.3 Å². The number of phenolic OH excluding ortho intramolecular Hbond substituents is 2. The normalized spacial score (nSPS) is 17.3. The Morgan fingerprint density at radius 1 is 0.744 bits per heavy atom. The van der Waals surface area contributed by atoms with Crippen molar-refractivity contribution in [1.82, 2.24) is 0 Å². The maximum atomic E-state index is 13.6. The fourth-order valence-corrected chi connectivity index (χ4v) is 6.87. The topological polar surface area (TPSA) is 81.0 Å². The van der Waals surface area contributed by atoms with Gasteiger partial charge in [0.15, 0.2) is 0 Å². The van der Waals surface area contributed by atoms with Crippen LogP contribution in [0.25, 0.3) is 22.3 Å². The van der Waals surface area contributed by atoms with Crippen molar-refractivity contribution in [3.05, 3.63) is 138 Å². The van der Waals surface area contributed by atoms with E-state index >= 15 is 0 Å². The molecule has 7 heteroatoms. The van der Waals surface area contributed by atoms with E-state index in [1.807, 2.05) is 72.8 Å². The Balaban J connectivity index is 1.33. The number of phenols is 2. The van der Waals surface area contributed by atoms with Crippen molar-refractivity contribution in [2.75, 3.05) is 4.90 Å². The highest BCUT2D eigenvalue weighted by Crippen LogP contribution is 2.49. The van der Waals surface area contributed by atoms with Gasteiger partial charge in [0.25, 0.3) is 5.24 Å². The van der Waals surface area contributed by atoms with Gasteiger partial charge in [-0.25, -0.2) is 4.39 Å². The largest absolute Gasteiger partial charge is 0.508 e. The highest BCUT2D eigenvalue weighted by molar-refractivity contribution is 8.14. The smallest absolute Gasteiger partial charge is 0.287 e. The number of halogens is 1.